The molecule has 0 radical (unpaired) electrons. The third-order valence-corrected chi connectivity index (χ3v) is 5.49. The highest BCUT2D eigenvalue weighted by Gasteiger charge is 2.25. The average Bonchev–Trinajstić information content (AvgIpc) is 3.15. The molecule has 1 amide bonds. The van der Waals surface area contributed by atoms with Crippen LogP contribution < -0.4 is 25.0 Å². The number of carbonyl (C=O) groups excluding carboxylic acids is 1. The molecule has 6 heteroatoms. The van der Waals surface area contributed by atoms with E-state index in [0.717, 1.165) is 56.2 Å². The van der Waals surface area contributed by atoms with Gasteiger partial charge < -0.3 is 25.0 Å². The van der Waals surface area contributed by atoms with E-state index in [-0.39, 0.29) is 11.9 Å². The second kappa shape index (κ2) is 9.12. The first-order valence-corrected chi connectivity index (χ1v) is 9.66. The average molecular weight is 361 g/mol. The standard InChI is InChI=1S/C20H31N3O3/c1-25-18-11-17(12-19(13-18)26-2)23-10-7-16(14-23)22-20(24)4-3-15-5-8-21-9-6-15/h11-13,15-16,21H,3-10,14H2,1-2H3,(H,22,24). The number of anilines is 1. The van der Waals surface area contributed by atoms with Gasteiger partial charge in [-0.05, 0) is 44.7 Å². The molecule has 2 heterocycles. The number of benzene rings is 1. The number of hydrogen-bond acceptors (Lipinski definition) is 5. The number of hydrogen-bond donors (Lipinski definition) is 2. The number of nitrogens with one attached hydrogen (secondary N) is 2. The molecular formula is C20H31N3O3. The minimum Gasteiger partial charge on any atom is -0.497 e. The summed E-state index contributed by atoms with van der Waals surface area (Å²) in [5.41, 5.74) is 1.08. The van der Waals surface area contributed by atoms with Crippen LogP contribution in [0.2, 0.25) is 0 Å². The molecule has 0 bridgehead atoms. The van der Waals surface area contributed by atoms with E-state index in [1.165, 1.54) is 12.8 Å². The molecule has 2 N–H and O–H groups in total. The molecule has 1 atom stereocenters. The number of methoxy groups -OCH3 is 2. The Kier molecular flexibility index (Phi) is 6.61. The Morgan fingerprint density at radius 2 is 1.85 bits per heavy atom. The molecule has 6 nitrogen and oxygen atoms in total. The lowest BCUT2D eigenvalue weighted by molar-refractivity contribution is -0.122. The van der Waals surface area contributed by atoms with Crippen molar-refractivity contribution >= 4 is 11.6 Å². The first-order valence-electron chi connectivity index (χ1n) is 9.66. The van der Waals surface area contributed by atoms with Crippen LogP contribution >= 0.6 is 0 Å². The quantitative estimate of drug-likeness (QED) is 0.779. The molecule has 0 aromatic heterocycles. The molecule has 0 spiro atoms. The van der Waals surface area contributed by atoms with Gasteiger partial charge in [0.05, 0.1) is 14.2 Å². The van der Waals surface area contributed by atoms with Gasteiger partial charge in [0.15, 0.2) is 0 Å². The van der Waals surface area contributed by atoms with Gasteiger partial charge in [-0.2, -0.15) is 0 Å². The van der Waals surface area contributed by atoms with Crippen molar-refractivity contribution in [1.29, 1.82) is 0 Å². The fourth-order valence-corrected chi connectivity index (χ4v) is 3.89. The highest BCUT2D eigenvalue weighted by Crippen LogP contribution is 2.30. The summed E-state index contributed by atoms with van der Waals surface area (Å²) in [6, 6.07) is 6.13. The van der Waals surface area contributed by atoms with Crippen LogP contribution in [0.25, 0.3) is 0 Å². The maximum Gasteiger partial charge on any atom is 0.220 e. The van der Waals surface area contributed by atoms with Gasteiger partial charge in [0, 0.05) is 49.4 Å². The molecule has 3 rings (SSSR count). The van der Waals surface area contributed by atoms with Gasteiger partial charge in [-0.1, -0.05) is 0 Å². The van der Waals surface area contributed by atoms with E-state index < -0.39 is 0 Å². The summed E-state index contributed by atoms with van der Waals surface area (Å²) in [5.74, 6) is 2.47. The Labute approximate surface area is 156 Å². The summed E-state index contributed by atoms with van der Waals surface area (Å²) in [7, 11) is 3.32. The van der Waals surface area contributed by atoms with E-state index in [2.05, 4.69) is 15.5 Å². The first-order chi connectivity index (χ1) is 12.7. The maximum absolute atomic E-state index is 12.3. The van der Waals surface area contributed by atoms with Gasteiger partial charge >= 0.3 is 0 Å². The zero-order valence-electron chi connectivity index (χ0n) is 15.9. The van der Waals surface area contributed by atoms with Crippen LogP contribution in [0.3, 0.4) is 0 Å². The Balaban J connectivity index is 1.48. The van der Waals surface area contributed by atoms with Crippen LogP contribution in [0, 0.1) is 5.92 Å². The van der Waals surface area contributed by atoms with Gasteiger partial charge in [-0.25, -0.2) is 0 Å². The number of carbonyl (C=O) groups is 1. The number of amides is 1. The van der Waals surface area contributed by atoms with E-state index in [1.807, 2.05) is 18.2 Å². The second-order valence-electron chi connectivity index (χ2n) is 7.30. The molecule has 0 aliphatic carbocycles. The molecule has 144 valence electrons. The van der Waals surface area contributed by atoms with E-state index in [0.29, 0.717) is 12.3 Å². The van der Waals surface area contributed by atoms with Crippen LogP contribution in [0.4, 0.5) is 5.69 Å². The normalized spacial score (nSPS) is 20.8. The molecule has 1 aromatic rings. The van der Waals surface area contributed by atoms with Crippen molar-refractivity contribution in [2.45, 2.75) is 38.1 Å². The minimum absolute atomic E-state index is 0.193. The predicted molar refractivity (Wildman–Crippen MR) is 103 cm³/mol. The molecular weight excluding hydrogens is 330 g/mol. The molecule has 2 fully saturated rings. The Morgan fingerprint density at radius 1 is 1.15 bits per heavy atom. The van der Waals surface area contributed by atoms with Gasteiger partial charge in [-0.15, -0.1) is 0 Å². The largest absolute Gasteiger partial charge is 0.497 e. The smallest absolute Gasteiger partial charge is 0.220 e. The molecule has 26 heavy (non-hydrogen) atoms. The molecule has 1 aromatic carbocycles. The minimum atomic E-state index is 0.193. The van der Waals surface area contributed by atoms with Gasteiger partial charge in [0.1, 0.15) is 11.5 Å². The molecule has 2 aliphatic rings. The van der Waals surface area contributed by atoms with E-state index in [1.54, 1.807) is 14.2 Å². The van der Waals surface area contributed by atoms with E-state index in [9.17, 15) is 4.79 Å². The van der Waals surface area contributed by atoms with E-state index >= 15 is 0 Å². The summed E-state index contributed by atoms with van der Waals surface area (Å²) in [4.78, 5) is 14.6. The molecule has 2 saturated heterocycles. The van der Waals surface area contributed by atoms with Gasteiger partial charge in [-0.3, -0.25) is 4.79 Å². The van der Waals surface area contributed by atoms with Crippen molar-refractivity contribution < 1.29 is 14.3 Å². The van der Waals surface area contributed by atoms with Crippen LogP contribution in [-0.4, -0.2) is 52.3 Å². The van der Waals surface area contributed by atoms with Crippen LogP contribution in [-0.2, 0) is 4.79 Å². The van der Waals surface area contributed by atoms with E-state index in [4.69, 9.17) is 9.47 Å². The monoisotopic (exact) mass is 361 g/mol. The summed E-state index contributed by atoms with van der Waals surface area (Å²) in [5, 5.41) is 6.59. The Bertz CT molecular complexity index is 580. The first kappa shape index (κ1) is 18.8. The van der Waals surface area contributed by atoms with Crippen molar-refractivity contribution in [2.24, 2.45) is 5.92 Å². The molecule has 0 saturated carbocycles. The van der Waals surface area contributed by atoms with Gasteiger partial charge in [0.25, 0.3) is 0 Å². The highest BCUT2D eigenvalue weighted by atomic mass is 16.5. The zero-order valence-corrected chi connectivity index (χ0v) is 15.9. The SMILES string of the molecule is COc1cc(OC)cc(N2CCC(NC(=O)CCC3CCNCC3)C2)c1. The third-order valence-electron chi connectivity index (χ3n) is 5.49. The Morgan fingerprint density at radius 3 is 2.50 bits per heavy atom. The Hall–Kier alpha value is -1.95. The maximum atomic E-state index is 12.3. The molecule has 1 unspecified atom stereocenters. The number of piperidine rings is 1. The van der Waals surface area contributed by atoms with Crippen molar-refractivity contribution in [3.8, 4) is 11.5 Å². The number of ether oxygens (including phenoxy) is 2. The fraction of sp³-hybridized carbons (Fsp3) is 0.650. The lowest BCUT2D eigenvalue weighted by Gasteiger charge is -2.23. The number of nitrogens with zero attached hydrogens (tertiary/aromatic N) is 1. The summed E-state index contributed by atoms with van der Waals surface area (Å²) in [6.45, 7) is 3.94. The second-order valence-corrected chi connectivity index (χ2v) is 7.30. The van der Waals surface area contributed by atoms with Crippen LogP contribution in [0.15, 0.2) is 18.2 Å². The lowest BCUT2D eigenvalue weighted by Crippen LogP contribution is -2.37. The lowest BCUT2D eigenvalue weighted by atomic mass is 9.93. The summed E-state index contributed by atoms with van der Waals surface area (Å²) in [6.07, 6.45) is 5.02. The molecule has 2 aliphatic heterocycles. The van der Waals surface area contributed by atoms with Crippen LogP contribution in [0.1, 0.15) is 32.1 Å². The summed E-state index contributed by atoms with van der Waals surface area (Å²) >= 11 is 0. The third kappa shape index (κ3) is 5.04. The van der Waals surface area contributed by atoms with Crippen molar-refractivity contribution in [3.63, 3.8) is 0 Å². The van der Waals surface area contributed by atoms with Crippen molar-refractivity contribution in [1.82, 2.24) is 10.6 Å². The van der Waals surface area contributed by atoms with Crippen molar-refractivity contribution in [2.75, 3.05) is 45.3 Å². The number of rotatable bonds is 7. The fourth-order valence-electron chi connectivity index (χ4n) is 3.89. The van der Waals surface area contributed by atoms with Crippen LogP contribution in [0.5, 0.6) is 11.5 Å². The van der Waals surface area contributed by atoms with Crippen molar-refractivity contribution in [3.05, 3.63) is 18.2 Å². The zero-order chi connectivity index (χ0) is 18.4. The summed E-state index contributed by atoms with van der Waals surface area (Å²) < 4.78 is 10.7. The highest BCUT2D eigenvalue weighted by molar-refractivity contribution is 5.76. The predicted octanol–water partition coefficient (Wildman–Crippen LogP) is 2.18. The topological polar surface area (TPSA) is 62.8 Å². The van der Waals surface area contributed by atoms with Gasteiger partial charge in [0.2, 0.25) is 5.91 Å².